The van der Waals surface area contributed by atoms with Crippen LogP contribution in [0.15, 0.2) is 37.1 Å². The lowest BCUT2D eigenvalue weighted by Crippen LogP contribution is -2.34. The molecule has 1 fully saturated rings. The Balaban J connectivity index is 0.000000433. The van der Waals surface area contributed by atoms with E-state index in [1.807, 2.05) is 40.9 Å². The standard InChI is InChI=1S/C12H20O.C7H15NO/c1-4-7-10(2)12(3,13)11-8-5-6-9-11;1-5-9-7(2)6-8(3)4/h4,7,11,13H,1,5-6,8-9H2,2-3H3;5,7H,1,6H2,2-4H3/b10-7+;. The molecule has 3 heteroatoms. The lowest BCUT2D eigenvalue weighted by molar-refractivity contribution is 0.0374. The van der Waals surface area contributed by atoms with Gasteiger partial charge in [-0.3, -0.25) is 0 Å². The van der Waals surface area contributed by atoms with Gasteiger partial charge in [-0.2, -0.15) is 0 Å². The molecule has 1 rings (SSSR count). The molecule has 0 amide bonds. The smallest absolute Gasteiger partial charge is 0.108 e. The maximum Gasteiger partial charge on any atom is 0.108 e. The highest BCUT2D eigenvalue weighted by molar-refractivity contribution is 5.19. The van der Waals surface area contributed by atoms with E-state index in [0.717, 1.165) is 25.0 Å². The molecule has 0 saturated heterocycles. The van der Waals surface area contributed by atoms with E-state index in [9.17, 15) is 5.11 Å². The summed E-state index contributed by atoms with van der Waals surface area (Å²) in [7, 11) is 4.03. The second-order valence-corrected chi connectivity index (χ2v) is 6.59. The number of likely N-dealkylation sites (N-methyl/N-ethyl adjacent to an activating group) is 1. The fraction of sp³-hybridized carbons (Fsp3) is 0.684. The molecule has 1 saturated carbocycles. The first-order valence-corrected chi connectivity index (χ1v) is 8.18. The van der Waals surface area contributed by atoms with Gasteiger partial charge in [0.1, 0.15) is 6.10 Å². The van der Waals surface area contributed by atoms with E-state index >= 15 is 0 Å². The number of aliphatic hydroxyl groups is 1. The third-order valence-electron chi connectivity index (χ3n) is 4.27. The first kappa shape index (κ1) is 20.9. The third kappa shape index (κ3) is 7.81. The fourth-order valence-electron chi connectivity index (χ4n) is 2.88. The molecule has 128 valence electrons. The van der Waals surface area contributed by atoms with Gasteiger partial charge in [-0.25, -0.2) is 0 Å². The van der Waals surface area contributed by atoms with Gasteiger partial charge in [0.05, 0.1) is 11.9 Å². The topological polar surface area (TPSA) is 32.7 Å². The summed E-state index contributed by atoms with van der Waals surface area (Å²) in [6.07, 6.45) is 10.2. The van der Waals surface area contributed by atoms with E-state index in [1.54, 1.807) is 6.08 Å². The average Bonchev–Trinajstić information content (AvgIpc) is 2.93. The van der Waals surface area contributed by atoms with Crippen LogP contribution >= 0.6 is 0 Å². The highest BCUT2D eigenvalue weighted by Gasteiger charge is 2.34. The minimum Gasteiger partial charge on any atom is -0.498 e. The van der Waals surface area contributed by atoms with Crippen molar-refractivity contribution in [1.82, 2.24) is 4.90 Å². The van der Waals surface area contributed by atoms with Crippen molar-refractivity contribution in [2.24, 2.45) is 5.92 Å². The number of hydrogen-bond acceptors (Lipinski definition) is 3. The lowest BCUT2D eigenvalue weighted by atomic mass is 9.82. The second kappa shape index (κ2) is 10.6. The maximum absolute atomic E-state index is 10.3. The van der Waals surface area contributed by atoms with E-state index in [0.29, 0.717) is 5.92 Å². The third-order valence-corrected chi connectivity index (χ3v) is 4.27. The zero-order valence-corrected chi connectivity index (χ0v) is 15.1. The van der Waals surface area contributed by atoms with Crippen molar-refractivity contribution in [3.8, 4) is 0 Å². The summed E-state index contributed by atoms with van der Waals surface area (Å²) >= 11 is 0. The molecular weight excluding hydrogens is 274 g/mol. The highest BCUT2D eigenvalue weighted by Crippen LogP contribution is 2.37. The largest absolute Gasteiger partial charge is 0.498 e. The van der Waals surface area contributed by atoms with Crippen LogP contribution in [0, 0.1) is 5.92 Å². The van der Waals surface area contributed by atoms with Crippen LogP contribution in [0.3, 0.4) is 0 Å². The van der Waals surface area contributed by atoms with Crippen molar-refractivity contribution in [3.63, 3.8) is 0 Å². The first-order valence-electron chi connectivity index (χ1n) is 8.18. The predicted octanol–water partition coefficient (Wildman–Crippen LogP) is 4.16. The van der Waals surface area contributed by atoms with Gasteiger partial charge in [0, 0.05) is 6.54 Å². The van der Waals surface area contributed by atoms with Crippen molar-refractivity contribution >= 4 is 0 Å². The average molecular weight is 309 g/mol. The minimum absolute atomic E-state index is 0.248. The van der Waals surface area contributed by atoms with E-state index in [2.05, 4.69) is 18.1 Å². The Hall–Kier alpha value is -1.06. The summed E-state index contributed by atoms with van der Waals surface area (Å²) < 4.78 is 5.07. The first-order chi connectivity index (χ1) is 10.3. The molecule has 0 heterocycles. The van der Waals surface area contributed by atoms with E-state index in [-0.39, 0.29) is 6.10 Å². The Morgan fingerprint density at radius 3 is 2.32 bits per heavy atom. The maximum atomic E-state index is 10.3. The van der Waals surface area contributed by atoms with Crippen molar-refractivity contribution in [2.45, 2.75) is 58.2 Å². The predicted molar refractivity (Wildman–Crippen MR) is 95.8 cm³/mol. The Bertz CT molecular complexity index is 352. The Kier molecular flexibility index (Phi) is 10.1. The monoisotopic (exact) mass is 309 g/mol. The fourth-order valence-corrected chi connectivity index (χ4v) is 2.88. The van der Waals surface area contributed by atoms with Crippen molar-refractivity contribution < 1.29 is 9.84 Å². The number of rotatable bonds is 7. The van der Waals surface area contributed by atoms with Crippen LogP contribution in [0.2, 0.25) is 0 Å². The van der Waals surface area contributed by atoms with Gasteiger partial charge >= 0.3 is 0 Å². The molecule has 3 nitrogen and oxygen atoms in total. The van der Waals surface area contributed by atoms with Crippen LogP contribution in [-0.4, -0.2) is 42.4 Å². The van der Waals surface area contributed by atoms with Gasteiger partial charge in [0.25, 0.3) is 0 Å². The van der Waals surface area contributed by atoms with Crippen molar-refractivity contribution in [3.05, 3.63) is 37.1 Å². The molecule has 0 radical (unpaired) electrons. The van der Waals surface area contributed by atoms with Crippen LogP contribution in [0.25, 0.3) is 0 Å². The van der Waals surface area contributed by atoms with Crippen LogP contribution in [-0.2, 0) is 4.74 Å². The van der Waals surface area contributed by atoms with E-state index in [4.69, 9.17) is 4.74 Å². The molecule has 0 bridgehead atoms. The van der Waals surface area contributed by atoms with Crippen LogP contribution in [0.1, 0.15) is 46.5 Å². The molecule has 1 aliphatic rings. The summed E-state index contributed by atoms with van der Waals surface area (Å²) in [5.41, 5.74) is 0.416. The molecular formula is C19H35NO2. The SMILES string of the molecule is C=C/C=C(\C)C(C)(O)C1CCCC1.C=COC(C)CN(C)C. The summed E-state index contributed by atoms with van der Waals surface area (Å²) in [4.78, 5) is 2.08. The summed E-state index contributed by atoms with van der Waals surface area (Å²) in [6, 6.07) is 0. The number of allylic oxidation sites excluding steroid dienone is 2. The van der Waals surface area contributed by atoms with Crippen molar-refractivity contribution in [2.75, 3.05) is 20.6 Å². The molecule has 22 heavy (non-hydrogen) atoms. The van der Waals surface area contributed by atoms with Crippen LogP contribution < -0.4 is 0 Å². The highest BCUT2D eigenvalue weighted by atomic mass is 16.5. The molecule has 0 aromatic rings. The Labute approximate surface area is 137 Å². The Morgan fingerprint density at radius 1 is 1.36 bits per heavy atom. The van der Waals surface area contributed by atoms with Gasteiger partial charge in [-0.05, 0) is 59.2 Å². The summed E-state index contributed by atoms with van der Waals surface area (Å²) in [5.74, 6) is 0.448. The van der Waals surface area contributed by atoms with Crippen LogP contribution in [0.5, 0.6) is 0 Å². The molecule has 0 aromatic heterocycles. The van der Waals surface area contributed by atoms with Gasteiger partial charge < -0.3 is 14.7 Å². The molecule has 2 unspecified atom stereocenters. The molecule has 2 atom stereocenters. The summed E-state index contributed by atoms with van der Waals surface area (Å²) in [5, 5.41) is 10.3. The van der Waals surface area contributed by atoms with Gasteiger partial charge in [0.2, 0.25) is 0 Å². The quantitative estimate of drug-likeness (QED) is 0.566. The normalized spacial score (nSPS) is 19.9. The minimum atomic E-state index is -0.620. The molecule has 0 aliphatic heterocycles. The number of ether oxygens (including phenoxy) is 1. The zero-order valence-electron chi connectivity index (χ0n) is 15.1. The summed E-state index contributed by atoms with van der Waals surface area (Å²) in [6.45, 7) is 14.0. The lowest BCUT2D eigenvalue weighted by Gasteiger charge is -2.31. The molecule has 0 aromatic carbocycles. The second-order valence-electron chi connectivity index (χ2n) is 6.59. The van der Waals surface area contributed by atoms with E-state index in [1.165, 1.54) is 19.1 Å². The van der Waals surface area contributed by atoms with Crippen molar-refractivity contribution in [1.29, 1.82) is 0 Å². The van der Waals surface area contributed by atoms with Gasteiger partial charge in [-0.15, -0.1) is 0 Å². The van der Waals surface area contributed by atoms with Crippen LogP contribution in [0.4, 0.5) is 0 Å². The molecule has 1 aliphatic carbocycles. The van der Waals surface area contributed by atoms with E-state index < -0.39 is 5.60 Å². The Morgan fingerprint density at radius 2 is 1.91 bits per heavy atom. The number of nitrogens with zero attached hydrogens (tertiary/aromatic N) is 1. The van der Waals surface area contributed by atoms with Gasteiger partial charge in [0.15, 0.2) is 0 Å². The molecule has 1 N–H and O–H groups in total. The number of hydrogen-bond donors (Lipinski definition) is 1. The molecule has 0 spiro atoms. The van der Waals surface area contributed by atoms with Gasteiger partial charge in [-0.1, -0.05) is 38.2 Å². The zero-order chi connectivity index (χ0) is 17.2.